The Bertz CT molecular complexity index is 644. The Labute approximate surface area is 155 Å². The highest BCUT2D eigenvalue weighted by molar-refractivity contribution is 6.00. The molecule has 6 nitrogen and oxygen atoms in total. The van der Waals surface area contributed by atoms with Gasteiger partial charge in [0.15, 0.2) is 0 Å². The molecule has 1 aromatic carbocycles. The summed E-state index contributed by atoms with van der Waals surface area (Å²) in [6, 6.07) is 7.93. The van der Waals surface area contributed by atoms with Gasteiger partial charge in [0.05, 0.1) is 13.0 Å². The van der Waals surface area contributed by atoms with Crippen LogP contribution in [0.3, 0.4) is 0 Å². The molecule has 26 heavy (non-hydrogen) atoms. The summed E-state index contributed by atoms with van der Waals surface area (Å²) in [4.78, 5) is 29.0. The fourth-order valence-electron chi connectivity index (χ4n) is 3.78. The molecule has 2 aliphatic rings. The minimum Gasteiger partial charge on any atom is -0.497 e. The van der Waals surface area contributed by atoms with Gasteiger partial charge in [-0.15, -0.1) is 0 Å². The Hall–Kier alpha value is -2.08. The smallest absolute Gasteiger partial charge is 0.227 e. The zero-order chi connectivity index (χ0) is 18.7. The summed E-state index contributed by atoms with van der Waals surface area (Å²) >= 11 is 0. The van der Waals surface area contributed by atoms with Crippen molar-refractivity contribution < 1.29 is 14.3 Å². The minimum absolute atomic E-state index is 0.00201. The lowest BCUT2D eigenvalue weighted by molar-refractivity contribution is -0.126. The number of rotatable bonds is 6. The average molecular weight is 359 g/mol. The summed E-state index contributed by atoms with van der Waals surface area (Å²) in [5, 5.41) is 3.07. The van der Waals surface area contributed by atoms with Gasteiger partial charge in [0.25, 0.3) is 0 Å². The second kappa shape index (κ2) is 8.08. The van der Waals surface area contributed by atoms with Crippen LogP contribution < -0.4 is 15.0 Å². The molecule has 1 aromatic rings. The number of amides is 2. The third-order valence-electron chi connectivity index (χ3n) is 5.49. The van der Waals surface area contributed by atoms with Crippen LogP contribution in [0.1, 0.15) is 26.7 Å². The minimum atomic E-state index is -0.271. The summed E-state index contributed by atoms with van der Waals surface area (Å²) in [5.41, 5.74) is 0.814. The first kappa shape index (κ1) is 18.7. The van der Waals surface area contributed by atoms with Crippen molar-refractivity contribution in [2.24, 2.45) is 11.8 Å². The number of methoxy groups -OCH3 is 1. The third kappa shape index (κ3) is 4.18. The van der Waals surface area contributed by atoms with Gasteiger partial charge in [-0.25, -0.2) is 0 Å². The van der Waals surface area contributed by atoms with Crippen LogP contribution in [0.2, 0.25) is 0 Å². The quantitative estimate of drug-likeness (QED) is 0.843. The van der Waals surface area contributed by atoms with Gasteiger partial charge in [0.2, 0.25) is 11.8 Å². The van der Waals surface area contributed by atoms with Crippen molar-refractivity contribution in [2.75, 3.05) is 38.2 Å². The predicted octanol–water partition coefficient (Wildman–Crippen LogP) is 1.89. The van der Waals surface area contributed by atoms with Crippen LogP contribution in [0, 0.1) is 11.8 Å². The summed E-state index contributed by atoms with van der Waals surface area (Å²) in [7, 11) is 1.61. The van der Waals surface area contributed by atoms with E-state index < -0.39 is 0 Å². The van der Waals surface area contributed by atoms with E-state index in [9.17, 15) is 9.59 Å². The highest BCUT2D eigenvalue weighted by Gasteiger charge is 2.35. The summed E-state index contributed by atoms with van der Waals surface area (Å²) in [6.45, 7) is 7.71. The SMILES string of the molecule is COc1ccc(N2CC(C(=O)NCC3CCN(C(C)C)C3)CC2=O)cc1. The molecule has 2 heterocycles. The number of carbonyl (C=O) groups is 2. The number of hydrogen-bond acceptors (Lipinski definition) is 4. The van der Waals surface area contributed by atoms with Crippen molar-refractivity contribution in [3.05, 3.63) is 24.3 Å². The molecule has 3 rings (SSSR count). The Morgan fingerprint density at radius 2 is 2.00 bits per heavy atom. The van der Waals surface area contributed by atoms with Gasteiger partial charge in [0, 0.05) is 37.8 Å². The van der Waals surface area contributed by atoms with E-state index in [0.717, 1.165) is 30.9 Å². The molecular formula is C20H29N3O3. The van der Waals surface area contributed by atoms with E-state index >= 15 is 0 Å². The first-order valence-corrected chi connectivity index (χ1v) is 9.44. The van der Waals surface area contributed by atoms with E-state index in [4.69, 9.17) is 4.74 Å². The van der Waals surface area contributed by atoms with Crippen molar-refractivity contribution in [1.29, 1.82) is 0 Å². The van der Waals surface area contributed by atoms with E-state index in [-0.39, 0.29) is 24.2 Å². The molecule has 1 N–H and O–H groups in total. The number of ether oxygens (including phenoxy) is 1. The molecule has 6 heteroatoms. The second-order valence-electron chi connectivity index (χ2n) is 7.59. The predicted molar refractivity (Wildman–Crippen MR) is 101 cm³/mol. The van der Waals surface area contributed by atoms with E-state index in [1.54, 1.807) is 12.0 Å². The molecule has 2 amide bonds. The van der Waals surface area contributed by atoms with Crippen LogP contribution in [0.4, 0.5) is 5.69 Å². The first-order chi connectivity index (χ1) is 12.5. The van der Waals surface area contributed by atoms with Gasteiger partial charge in [-0.05, 0) is 57.0 Å². The van der Waals surface area contributed by atoms with Crippen LogP contribution in [-0.4, -0.2) is 56.0 Å². The molecule has 0 spiro atoms. The largest absolute Gasteiger partial charge is 0.497 e. The van der Waals surface area contributed by atoms with Crippen LogP contribution >= 0.6 is 0 Å². The topological polar surface area (TPSA) is 61.9 Å². The van der Waals surface area contributed by atoms with Crippen molar-refractivity contribution in [2.45, 2.75) is 32.7 Å². The highest BCUT2D eigenvalue weighted by Crippen LogP contribution is 2.27. The molecule has 0 aliphatic carbocycles. The number of nitrogens with one attached hydrogen (secondary N) is 1. The number of hydrogen-bond donors (Lipinski definition) is 1. The van der Waals surface area contributed by atoms with Gasteiger partial charge in [-0.2, -0.15) is 0 Å². The highest BCUT2D eigenvalue weighted by atomic mass is 16.5. The first-order valence-electron chi connectivity index (χ1n) is 9.44. The van der Waals surface area contributed by atoms with Gasteiger partial charge in [-0.3, -0.25) is 9.59 Å². The fraction of sp³-hybridized carbons (Fsp3) is 0.600. The maximum Gasteiger partial charge on any atom is 0.227 e. The fourth-order valence-corrected chi connectivity index (χ4v) is 3.78. The molecule has 2 saturated heterocycles. The zero-order valence-corrected chi connectivity index (χ0v) is 15.9. The van der Waals surface area contributed by atoms with E-state index in [2.05, 4.69) is 24.1 Å². The van der Waals surface area contributed by atoms with E-state index in [1.807, 2.05) is 24.3 Å². The molecule has 2 aliphatic heterocycles. The van der Waals surface area contributed by atoms with Gasteiger partial charge < -0.3 is 19.9 Å². The Balaban J connectivity index is 1.50. The van der Waals surface area contributed by atoms with Gasteiger partial charge in [0.1, 0.15) is 5.75 Å². The van der Waals surface area contributed by atoms with Gasteiger partial charge >= 0.3 is 0 Å². The lowest BCUT2D eigenvalue weighted by atomic mass is 10.1. The Morgan fingerprint density at radius 3 is 2.62 bits per heavy atom. The van der Waals surface area contributed by atoms with Crippen molar-refractivity contribution in [1.82, 2.24) is 10.2 Å². The van der Waals surface area contributed by atoms with Gasteiger partial charge in [-0.1, -0.05) is 0 Å². The van der Waals surface area contributed by atoms with E-state index in [0.29, 0.717) is 25.0 Å². The molecule has 2 unspecified atom stereocenters. The number of benzene rings is 1. The summed E-state index contributed by atoms with van der Waals surface area (Å²) in [6.07, 6.45) is 1.40. The maximum absolute atomic E-state index is 12.5. The van der Waals surface area contributed by atoms with Crippen LogP contribution in [0.5, 0.6) is 5.75 Å². The number of carbonyl (C=O) groups excluding carboxylic acids is 2. The molecule has 0 aromatic heterocycles. The number of likely N-dealkylation sites (tertiary alicyclic amines) is 1. The van der Waals surface area contributed by atoms with Crippen LogP contribution in [-0.2, 0) is 9.59 Å². The Kier molecular flexibility index (Phi) is 5.81. The number of nitrogens with zero attached hydrogens (tertiary/aromatic N) is 2. The summed E-state index contributed by atoms with van der Waals surface area (Å²) in [5.74, 6) is 0.990. The number of anilines is 1. The average Bonchev–Trinajstić information content (AvgIpc) is 3.27. The van der Waals surface area contributed by atoms with Crippen molar-refractivity contribution in [3.63, 3.8) is 0 Å². The van der Waals surface area contributed by atoms with E-state index in [1.165, 1.54) is 0 Å². The lowest BCUT2D eigenvalue weighted by Gasteiger charge is -2.20. The maximum atomic E-state index is 12.5. The standard InChI is InChI=1S/C20H29N3O3/c1-14(2)22-9-8-15(12-22)11-21-20(25)16-10-19(24)23(13-16)17-4-6-18(26-3)7-5-17/h4-7,14-16H,8-13H2,1-3H3,(H,21,25). The van der Waals surface area contributed by atoms with Crippen molar-refractivity contribution in [3.8, 4) is 5.75 Å². The molecular weight excluding hydrogens is 330 g/mol. The molecule has 142 valence electrons. The molecule has 2 atom stereocenters. The van der Waals surface area contributed by atoms with Crippen molar-refractivity contribution >= 4 is 17.5 Å². The van der Waals surface area contributed by atoms with Crippen LogP contribution in [0.25, 0.3) is 0 Å². The molecule has 0 radical (unpaired) electrons. The molecule has 2 fully saturated rings. The Morgan fingerprint density at radius 1 is 1.27 bits per heavy atom. The second-order valence-corrected chi connectivity index (χ2v) is 7.59. The van der Waals surface area contributed by atoms with Crippen LogP contribution in [0.15, 0.2) is 24.3 Å². The molecule has 0 bridgehead atoms. The summed E-state index contributed by atoms with van der Waals surface area (Å²) < 4.78 is 5.15. The monoisotopic (exact) mass is 359 g/mol. The third-order valence-corrected chi connectivity index (χ3v) is 5.49. The normalized spacial score (nSPS) is 23.7. The lowest BCUT2D eigenvalue weighted by Crippen LogP contribution is -2.37. The zero-order valence-electron chi connectivity index (χ0n) is 15.9. The molecule has 0 saturated carbocycles.